The predicted octanol–water partition coefficient (Wildman–Crippen LogP) is 3.20. The van der Waals surface area contributed by atoms with Crippen LogP contribution in [0.1, 0.15) is 17.4 Å². The molecule has 2 rings (SSSR count). The Labute approximate surface area is 150 Å². The Balaban J connectivity index is 1.90. The molecule has 0 atom stereocenters. The van der Waals surface area contributed by atoms with Gasteiger partial charge in [0.15, 0.2) is 17.4 Å². The molecule has 0 aliphatic rings. The van der Waals surface area contributed by atoms with Crippen molar-refractivity contribution in [3.8, 4) is 0 Å². The van der Waals surface area contributed by atoms with Gasteiger partial charge in [0.05, 0.1) is 15.7 Å². The second-order valence-electron chi connectivity index (χ2n) is 4.44. The Bertz CT molecular complexity index is 774. The van der Waals surface area contributed by atoms with Crippen LogP contribution >= 0.6 is 34.5 Å². The Morgan fingerprint density at radius 1 is 1.21 bits per heavy atom. The number of anilines is 2. The zero-order valence-corrected chi connectivity index (χ0v) is 14.6. The zero-order valence-electron chi connectivity index (χ0n) is 12.3. The third kappa shape index (κ3) is 4.92. The van der Waals surface area contributed by atoms with Gasteiger partial charge in [-0.15, -0.1) is 11.3 Å². The zero-order chi connectivity index (χ0) is 17.7. The largest absolute Gasteiger partial charge is 0.451 e. The molecule has 0 radical (unpaired) electrons. The van der Waals surface area contributed by atoms with Crippen LogP contribution in [-0.2, 0) is 14.3 Å². The maximum atomic E-state index is 11.8. The van der Waals surface area contributed by atoms with Crippen molar-refractivity contribution in [3.63, 3.8) is 0 Å². The maximum Gasteiger partial charge on any atom is 0.358 e. The summed E-state index contributed by atoms with van der Waals surface area (Å²) in [5.41, 5.74) is 0.232. The molecule has 0 fully saturated rings. The number of nitrogens with one attached hydrogen (secondary N) is 2. The highest BCUT2D eigenvalue weighted by Gasteiger charge is 2.16. The van der Waals surface area contributed by atoms with Crippen molar-refractivity contribution in [2.24, 2.45) is 0 Å². The van der Waals surface area contributed by atoms with E-state index in [-0.39, 0.29) is 32.5 Å². The van der Waals surface area contributed by atoms with E-state index in [1.54, 1.807) is 18.2 Å². The summed E-state index contributed by atoms with van der Waals surface area (Å²) >= 11 is 12.9. The van der Waals surface area contributed by atoms with Crippen LogP contribution in [0, 0.1) is 0 Å². The maximum absolute atomic E-state index is 11.8. The first kappa shape index (κ1) is 18.2. The number of ether oxygens (including phenoxy) is 1. The first-order valence-corrected chi connectivity index (χ1v) is 8.14. The number of rotatable bonds is 5. The van der Waals surface area contributed by atoms with E-state index in [0.29, 0.717) is 0 Å². The summed E-state index contributed by atoms with van der Waals surface area (Å²) in [6, 6.07) is 4.76. The lowest BCUT2D eigenvalue weighted by molar-refractivity contribution is -0.119. The average Bonchev–Trinajstić information content (AvgIpc) is 2.96. The minimum Gasteiger partial charge on any atom is -0.451 e. The molecule has 0 aliphatic carbocycles. The number of amides is 2. The molecule has 24 heavy (non-hydrogen) atoms. The van der Waals surface area contributed by atoms with Crippen molar-refractivity contribution in [2.45, 2.75) is 6.92 Å². The predicted molar refractivity (Wildman–Crippen MR) is 91.8 cm³/mol. The smallest absolute Gasteiger partial charge is 0.358 e. The number of para-hydroxylation sites is 1. The fourth-order valence-electron chi connectivity index (χ4n) is 1.57. The summed E-state index contributed by atoms with van der Waals surface area (Å²) in [7, 11) is 0. The van der Waals surface area contributed by atoms with Crippen LogP contribution in [0.25, 0.3) is 0 Å². The molecule has 1 aromatic carbocycles. The number of carbonyl (C=O) groups excluding carboxylic acids is 3. The molecule has 1 aromatic heterocycles. The molecule has 1 heterocycles. The van der Waals surface area contributed by atoms with E-state index >= 15 is 0 Å². The van der Waals surface area contributed by atoms with E-state index in [1.165, 1.54) is 12.3 Å². The number of nitrogens with zero attached hydrogens (tertiary/aromatic N) is 1. The second-order valence-corrected chi connectivity index (χ2v) is 6.11. The number of benzene rings is 1. The molecule has 2 aromatic rings. The highest BCUT2D eigenvalue weighted by molar-refractivity contribution is 7.14. The third-order valence-electron chi connectivity index (χ3n) is 2.56. The molecule has 0 saturated heterocycles. The van der Waals surface area contributed by atoms with Crippen molar-refractivity contribution in [1.82, 2.24) is 4.98 Å². The van der Waals surface area contributed by atoms with Gasteiger partial charge in [0.2, 0.25) is 5.91 Å². The van der Waals surface area contributed by atoms with Crippen molar-refractivity contribution in [2.75, 3.05) is 17.2 Å². The minimum atomic E-state index is -0.789. The van der Waals surface area contributed by atoms with E-state index in [4.69, 9.17) is 27.9 Å². The minimum absolute atomic E-state index is 0.00711. The number of halogens is 2. The molecule has 2 amide bonds. The van der Waals surface area contributed by atoms with E-state index in [0.717, 1.165) is 11.3 Å². The summed E-state index contributed by atoms with van der Waals surface area (Å²) in [4.78, 5) is 38.4. The molecular weight excluding hydrogens is 377 g/mol. The summed E-state index contributed by atoms with van der Waals surface area (Å²) in [5.74, 6) is -1.70. The van der Waals surface area contributed by atoms with Crippen molar-refractivity contribution < 1.29 is 19.1 Å². The van der Waals surface area contributed by atoms with Crippen LogP contribution in [-0.4, -0.2) is 29.4 Å². The Hall–Kier alpha value is -2.16. The van der Waals surface area contributed by atoms with Gasteiger partial charge in [-0.05, 0) is 12.1 Å². The first-order valence-electron chi connectivity index (χ1n) is 6.51. The number of aromatic nitrogens is 1. The van der Waals surface area contributed by atoms with E-state index in [2.05, 4.69) is 15.6 Å². The number of carbonyl (C=O) groups is 3. The SMILES string of the molecule is CC(=O)Nc1nc(C(=O)OCC(=O)Nc2c(Cl)cccc2Cl)cs1. The van der Waals surface area contributed by atoms with Crippen LogP contribution in [0.5, 0.6) is 0 Å². The van der Waals surface area contributed by atoms with Gasteiger partial charge in [-0.3, -0.25) is 9.59 Å². The second kappa shape index (κ2) is 8.09. The molecule has 0 aliphatic heterocycles. The quantitative estimate of drug-likeness (QED) is 0.767. The first-order chi connectivity index (χ1) is 11.4. The number of hydrogen-bond donors (Lipinski definition) is 2. The lowest BCUT2D eigenvalue weighted by atomic mass is 10.3. The van der Waals surface area contributed by atoms with Gasteiger partial charge in [0, 0.05) is 12.3 Å². The van der Waals surface area contributed by atoms with Crippen LogP contribution in [0.15, 0.2) is 23.6 Å². The summed E-state index contributed by atoms with van der Waals surface area (Å²) in [6.07, 6.45) is 0. The summed E-state index contributed by atoms with van der Waals surface area (Å²) in [6.45, 7) is 0.789. The standard InChI is InChI=1S/C14H11Cl2N3O4S/c1-7(20)17-14-18-10(6-24-14)13(22)23-5-11(21)19-12-8(15)3-2-4-9(12)16/h2-4,6H,5H2,1H3,(H,19,21)(H,17,18,20). The summed E-state index contributed by atoms with van der Waals surface area (Å²) in [5, 5.41) is 7.11. The van der Waals surface area contributed by atoms with Crippen LogP contribution in [0.3, 0.4) is 0 Å². The van der Waals surface area contributed by atoms with Gasteiger partial charge < -0.3 is 15.4 Å². The molecular formula is C14H11Cl2N3O4S. The Morgan fingerprint density at radius 2 is 1.88 bits per heavy atom. The van der Waals surface area contributed by atoms with Crippen LogP contribution in [0.4, 0.5) is 10.8 Å². The van der Waals surface area contributed by atoms with Crippen molar-refractivity contribution in [3.05, 3.63) is 39.3 Å². The van der Waals surface area contributed by atoms with E-state index in [1.807, 2.05) is 0 Å². The summed E-state index contributed by atoms with van der Waals surface area (Å²) < 4.78 is 4.85. The van der Waals surface area contributed by atoms with Gasteiger partial charge in [-0.2, -0.15) is 0 Å². The van der Waals surface area contributed by atoms with Crippen molar-refractivity contribution >= 4 is 63.1 Å². The Morgan fingerprint density at radius 3 is 2.50 bits per heavy atom. The number of thiazole rings is 1. The normalized spacial score (nSPS) is 10.1. The lowest BCUT2D eigenvalue weighted by Crippen LogP contribution is -2.21. The molecule has 0 spiro atoms. The molecule has 7 nitrogen and oxygen atoms in total. The molecule has 126 valence electrons. The highest BCUT2D eigenvalue weighted by Crippen LogP contribution is 2.29. The van der Waals surface area contributed by atoms with Crippen LogP contribution in [0.2, 0.25) is 10.0 Å². The van der Waals surface area contributed by atoms with Gasteiger partial charge in [-0.1, -0.05) is 29.3 Å². The number of esters is 1. The van der Waals surface area contributed by atoms with Gasteiger partial charge >= 0.3 is 5.97 Å². The fraction of sp³-hybridized carbons (Fsp3) is 0.143. The Kier molecular flexibility index (Phi) is 6.13. The topological polar surface area (TPSA) is 97.4 Å². The van der Waals surface area contributed by atoms with Crippen molar-refractivity contribution in [1.29, 1.82) is 0 Å². The molecule has 0 bridgehead atoms. The molecule has 10 heteroatoms. The number of hydrogen-bond acceptors (Lipinski definition) is 6. The fourth-order valence-corrected chi connectivity index (χ4v) is 2.79. The average molecular weight is 388 g/mol. The molecule has 2 N–H and O–H groups in total. The van der Waals surface area contributed by atoms with Gasteiger partial charge in [-0.25, -0.2) is 9.78 Å². The highest BCUT2D eigenvalue weighted by atomic mass is 35.5. The van der Waals surface area contributed by atoms with E-state index in [9.17, 15) is 14.4 Å². The monoisotopic (exact) mass is 387 g/mol. The lowest BCUT2D eigenvalue weighted by Gasteiger charge is -2.09. The van der Waals surface area contributed by atoms with Gasteiger partial charge in [0.25, 0.3) is 5.91 Å². The molecule has 0 saturated carbocycles. The molecule has 0 unspecified atom stereocenters. The van der Waals surface area contributed by atoms with Gasteiger partial charge in [0.1, 0.15) is 0 Å². The van der Waals surface area contributed by atoms with E-state index < -0.39 is 18.5 Å². The van der Waals surface area contributed by atoms with Crippen LogP contribution < -0.4 is 10.6 Å². The third-order valence-corrected chi connectivity index (χ3v) is 3.95.